The zero-order valence-electron chi connectivity index (χ0n) is 9.98. The average Bonchev–Trinajstić information content (AvgIpc) is 2.27. The Morgan fingerprint density at radius 3 is 2.22 bits per heavy atom. The highest BCUT2D eigenvalue weighted by molar-refractivity contribution is 5.66. The van der Waals surface area contributed by atoms with Crippen molar-refractivity contribution in [1.82, 2.24) is 0 Å². The third-order valence-electron chi connectivity index (χ3n) is 2.42. The Kier molecular flexibility index (Phi) is 5.03. The molecule has 0 amide bonds. The first-order chi connectivity index (χ1) is 8.32. The van der Waals surface area contributed by atoms with Gasteiger partial charge in [0.05, 0.1) is 0 Å². The first-order valence-corrected chi connectivity index (χ1v) is 5.33. The van der Waals surface area contributed by atoms with Crippen LogP contribution in [0.5, 0.6) is 0 Å². The normalized spacial score (nSPS) is 35.9. The Hall–Kier alpha value is -1.22. The minimum absolute atomic E-state index is 0.322. The van der Waals surface area contributed by atoms with E-state index in [0.29, 0.717) is 0 Å². The lowest BCUT2D eigenvalue weighted by Gasteiger charge is -2.39. The van der Waals surface area contributed by atoms with E-state index in [-0.39, 0.29) is 6.61 Å². The van der Waals surface area contributed by atoms with Gasteiger partial charge in [0.2, 0.25) is 0 Å². The van der Waals surface area contributed by atoms with Crippen LogP contribution in [-0.4, -0.2) is 64.6 Å². The van der Waals surface area contributed by atoms with Crippen LogP contribution >= 0.6 is 0 Å². The summed E-state index contributed by atoms with van der Waals surface area (Å²) in [7, 11) is 0. The molecule has 1 aliphatic heterocycles. The molecule has 0 aliphatic carbocycles. The zero-order valence-corrected chi connectivity index (χ0v) is 9.98. The summed E-state index contributed by atoms with van der Waals surface area (Å²) in [6, 6.07) is 0. The molecule has 4 unspecified atom stereocenters. The number of esters is 2. The van der Waals surface area contributed by atoms with Crippen LogP contribution in [0.25, 0.3) is 0 Å². The fraction of sp³-hybridized carbons (Fsp3) is 0.800. The molecule has 0 saturated carbocycles. The van der Waals surface area contributed by atoms with E-state index in [2.05, 4.69) is 9.47 Å². The second-order valence-corrected chi connectivity index (χ2v) is 3.92. The first-order valence-electron chi connectivity index (χ1n) is 5.33. The molecule has 3 N–H and O–H groups in total. The van der Waals surface area contributed by atoms with Gasteiger partial charge in [-0.15, -0.1) is 0 Å². The van der Waals surface area contributed by atoms with E-state index in [0.717, 1.165) is 6.92 Å². The highest BCUT2D eigenvalue weighted by Gasteiger charge is 2.46. The molecule has 1 aliphatic rings. The third kappa shape index (κ3) is 3.64. The summed E-state index contributed by atoms with van der Waals surface area (Å²) in [6.45, 7) is 1.94. The molecule has 0 spiro atoms. The number of aliphatic hydroxyl groups excluding tert-OH is 3. The first kappa shape index (κ1) is 14.8. The van der Waals surface area contributed by atoms with E-state index in [4.69, 9.17) is 4.74 Å². The molecule has 0 radical (unpaired) electrons. The second-order valence-electron chi connectivity index (χ2n) is 3.92. The van der Waals surface area contributed by atoms with E-state index >= 15 is 0 Å². The third-order valence-corrected chi connectivity index (χ3v) is 2.42. The highest BCUT2D eigenvalue weighted by atomic mass is 16.7. The van der Waals surface area contributed by atoms with Crippen LogP contribution in [0.4, 0.5) is 0 Å². The van der Waals surface area contributed by atoms with Gasteiger partial charge >= 0.3 is 11.9 Å². The molecule has 0 aromatic heterocycles. The Bertz CT molecular complexity index is 315. The van der Waals surface area contributed by atoms with Gasteiger partial charge in [-0.1, -0.05) is 0 Å². The fourth-order valence-corrected chi connectivity index (χ4v) is 1.58. The van der Waals surface area contributed by atoms with Crippen LogP contribution < -0.4 is 0 Å². The molecule has 1 saturated heterocycles. The van der Waals surface area contributed by atoms with Gasteiger partial charge in [0.15, 0.2) is 12.4 Å². The molecular formula is C10H16O8. The summed E-state index contributed by atoms with van der Waals surface area (Å²) < 4.78 is 14.2. The number of carbonyl (C=O) groups excluding carboxylic acids is 2. The van der Waals surface area contributed by atoms with Gasteiger partial charge < -0.3 is 29.5 Å². The Morgan fingerprint density at radius 1 is 1.11 bits per heavy atom. The Balaban J connectivity index is 2.64. The molecule has 5 atom stereocenters. The topological polar surface area (TPSA) is 123 Å². The van der Waals surface area contributed by atoms with Crippen LogP contribution in [0.1, 0.15) is 13.8 Å². The van der Waals surface area contributed by atoms with Crippen molar-refractivity contribution in [3.8, 4) is 0 Å². The van der Waals surface area contributed by atoms with Gasteiger partial charge in [0, 0.05) is 13.8 Å². The van der Waals surface area contributed by atoms with Gasteiger partial charge in [-0.05, 0) is 0 Å². The van der Waals surface area contributed by atoms with Gasteiger partial charge in [-0.2, -0.15) is 0 Å². The van der Waals surface area contributed by atoms with E-state index in [1.54, 1.807) is 0 Å². The van der Waals surface area contributed by atoms with Crippen molar-refractivity contribution >= 4 is 11.9 Å². The minimum atomic E-state index is -1.60. The summed E-state index contributed by atoms with van der Waals surface area (Å²) in [6.07, 6.45) is -7.06. The molecule has 1 fully saturated rings. The molecule has 8 heteroatoms. The molecule has 0 aromatic carbocycles. The number of aliphatic hydroxyl groups is 3. The Labute approximate surface area is 103 Å². The molecule has 1 rings (SSSR count). The van der Waals surface area contributed by atoms with E-state index in [9.17, 15) is 24.9 Å². The van der Waals surface area contributed by atoms with Crippen molar-refractivity contribution in [2.75, 3.05) is 6.61 Å². The molecule has 1 heterocycles. The van der Waals surface area contributed by atoms with E-state index in [1.165, 1.54) is 6.92 Å². The van der Waals surface area contributed by atoms with Gasteiger partial charge in [0.25, 0.3) is 0 Å². The fourth-order valence-electron chi connectivity index (χ4n) is 1.58. The lowest BCUT2D eigenvalue weighted by molar-refractivity contribution is -0.291. The second kappa shape index (κ2) is 6.10. The van der Waals surface area contributed by atoms with Crippen LogP contribution in [0.2, 0.25) is 0 Å². The zero-order chi connectivity index (χ0) is 13.9. The highest BCUT2D eigenvalue weighted by Crippen LogP contribution is 2.22. The van der Waals surface area contributed by atoms with E-state index in [1.807, 2.05) is 0 Å². The average molecular weight is 264 g/mol. The largest absolute Gasteiger partial charge is 0.463 e. The number of carbonyl (C=O) groups is 2. The van der Waals surface area contributed by atoms with Crippen LogP contribution in [-0.2, 0) is 23.8 Å². The van der Waals surface area contributed by atoms with Crippen molar-refractivity contribution in [1.29, 1.82) is 0 Å². The molecule has 104 valence electrons. The monoisotopic (exact) mass is 264 g/mol. The standard InChI is InChI=1S/C10H16O8/c1-4(11)16-3-6-7(13)8(14)9(10(15)18-6)17-5(2)12/h6-10,13-15H,3H2,1-2H3/t6?,7-,8?,9?,10?/m1/s1. The lowest BCUT2D eigenvalue weighted by atomic mass is 9.99. The molecule has 18 heavy (non-hydrogen) atoms. The molecular weight excluding hydrogens is 248 g/mol. The van der Waals surface area contributed by atoms with Gasteiger partial charge in [0.1, 0.15) is 24.9 Å². The molecule has 0 bridgehead atoms. The summed E-state index contributed by atoms with van der Waals surface area (Å²) in [5.41, 5.74) is 0. The van der Waals surface area contributed by atoms with Crippen LogP contribution in [0, 0.1) is 0 Å². The van der Waals surface area contributed by atoms with Gasteiger partial charge in [-0.25, -0.2) is 0 Å². The van der Waals surface area contributed by atoms with Crippen LogP contribution in [0.15, 0.2) is 0 Å². The van der Waals surface area contributed by atoms with Crippen molar-refractivity contribution in [2.24, 2.45) is 0 Å². The van der Waals surface area contributed by atoms with Gasteiger partial charge in [-0.3, -0.25) is 9.59 Å². The summed E-state index contributed by atoms with van der Waals surface area (Å²) >= 11 is 0. The Morgan fingerprint density at radius 2 is 1.72 bits per heavy atom. The summed E-state index contributed by atoms with van der Waals surface area (Å²) in [5, 5.41) is 28.9. The lowest BCUT2D eigenvalue weighted by Crippen LogP contribution is -2.59. The predicted octanol–water partition coefficient (Wildman–Crippen LogP) is -2.08. The maximum atomic E-state index is 10.8. The number of ether oxygens (including phenoxy) is 3. The minimum Gasteiger partial charge on any atom is -0.463 e. The predicted molar refractivity (Wildman–Crippen MR) is 55.1 cm³/mol. The SMILES string of the molecule is CC(=O)OCC1OC(O)C(OC(C)=O)C(O)[C@@H]1O. The number of rotatable bonds is 3. The van der Waals surface area contributed by atoms with Crippen LogP contribution in [0.3, 0.4) is 0 Å². The maximum Gasteiger partial charge on any atom is 0.303 e. The van der Waals surface area contributed by atoms with Crippen molar-refractivity contribution in [3.05, 3.63) is 0 Å². The van der Waals surface area contributed by atoms with Crippen molar-refractivity contribution < 1.29 is 39.1 Å². The smallest absolute Gasteiger partial charge is 0.303 e. The molecule has 0 aromatic rings. The maximum absolute atomic E-state index is 10.8. The van der Waals surface area contributed by atoms with E-state index < -0.39 is 42.6 Å². The van der Waals surface area contributed by atoms with Crippen molar-refractivity contribution in [3.63, 3.8) is 0 Å². The number of hydrogen-bond acceptors (Lipinski definition) is 8. The summed E-state index contributed by atoms with van der Waals surface area (Å²) in [5.74, 6) is -1.32. The molecule has 8 nitrogen and oxygen atoms in total. The number of hydrogen-bond donors (Lipinski definition) is 3. The van der Waals surface area contributed by atoms with Crippen molar-refractivity contribution in [2.45, 2.75) is 44.6 Å². The quantitative estimate of drug-likeness (QED) is 0.496. The summed E-state index contributed by atoms with van der Waals surface area (Å²) in [4.78, 5) is 21.4.